The van der Waals surface area contributed by atoms with E-state index >= 15 is 0 Å². The fraction of sp³-hybridized carbons (Fsp3) is 0.452. The average Bonchev–Trinajstić information content (AvgIpc) is 3.64. The number of anilines is 2. The summed E-state index contributed by atoms with van der Waals surface area (Å²) >= 11 is 0. The highest BCUT2D eigenvalue weighted by atomic mass is 32.2. The number of sulfonamides is 1. The molecule has 1 amide bonds. The molecule has 0 unspecified atom stereocenters. The molecule has 15 heteroatoms. The second-order valence-corrected chi connectivity index (χ2v) is 13.3. The Kier molecular flexibility index (Phi) is 10.4. The molecule has 1 atom stereocenters. The first-order chi connectivity index (χ1) is 22.0. The summed E-state index contributed by atoms with van der Waals surface area (Å²) in [5.41, 5.74) is 2.54. The molecule has 1 aromatic heterocycles. The Morgan fingerprint density at radius 2 is 1.78 bits per heavy atom. The Hall–Kier alpha value is -3.92. The number of benzene rings is 2. The number of aromatic nitrogens is 2. The normalized spacial score (nSPS) is 16.2. The van der Waals surface area contributed by atoms with Gasteiger partial charge in [0, 0.05) is 56.5 Å². The Bertz CT molecular complexity index is 1690. The van der Waals surface area contributed by atoms with Crippen LogP contribution in [0, 0.1) is 11.6 Å². The van der Waals surface area contributed by atoms with Gasteiger partial charge in [-0.2, -0.15) is 8.99 Å². The number of methoxy groups -OCH3 is 1. The molecule has 248 valence electrons. The van der Waals surface area contributed by atoms with E-state index in [0.29, 0.717) is 29.6 Å². The van der Waals surface area contributed by atoms with Crippen LogP contribution < -0.4 is 10.6 Å². The number of fused-ring (bicyclic) bond motifs is 1. The van der Waals surface area contributed by atoms with Gasteiger partial charge >= 0.3 is 6.09 Å². The van der Waals surface area contributed by atoms with Crippen LogP contribution in [0.1, 0.15) is 53.9 Å². The molecule has 2 aliphatic rings. The summed E-state index contributed by atoms with van der Waals surface area (Å²) in [4.78, 5) is 28.4. The Labute approximate surface area is 266 Å². The molecular formula is C31H38F2N6O6S. The molecule has 0 radical (unpaired) electrons. The zero-order valence-electron chi connectivity index (χ0n) is 26.0. The lowest BCUT2D eigenvalue weighted by Crippen LogP contribution is -2.37. The number of hydrogen-bond donors (Lipinski definition) is 2. The number of nitrogens with one attached hydrogen (secondary N) is 2. The number of nitrogens with zero attached hydrogens (tertiary/aromatic N) is 4. The van der Waals surface area contributed by atoms with E-state index in [4.69, 9.17) is 9.47 Å². The van der Waals surface area contributed by atoms with Crippen molar-refractivity contribution in [2.45, 2.75) is 57.1 Å². The number of rotatable bonds is 11. The van der Waals surface area contributed by atoms with Gasteiger partial charge < -0.3 is 20.1 Å². The predicted molar refractivity (Wildman–Crippen MR) is 166 cm³/mol. The number of ether oxygens (including phenoxy) is 2. The summed E-state index contributed by atoms with van der Waals surface area (Å²) in [7, 11) is -2.76. The van der Waals surface area contributed by atoms with E-state index in [9.17, 15) is 26.8 Å². The molecular weight excluding hydrogens is 622 g/mol. The topological polar surface area (TPSA) is 135 Å². The van der Waals surface area contributed by atoms with Crippen LogP contribution in [0.2, 0.25) is 0 Å². The summed E-state index contributed by atoms with van der Waals surface area (Å²) in [5, 5.41) is 10.4. The van der Waals surface area contributed by atoms with Crippen molar-refractivity contribution in [1.82, 2.24) is 19.0 Å². The Morgan fingerprint density at radius 3 is 2.46 bits per heavy atom. The van der Waals surface area contributed by atoms with Gasteiger partial charge in [-0.25, -0.2) is 22.0 Å². The minimum atomic E-state index is -4.35. The number of carbonyl (C=O) groups is 2. The van der Waals surface area contributed by atoms with Crippen LogP contribution in [0.3, 0.4) is 0 Å². The van der Waals surface area contributed by atoms with E-state index in [0.717, 1.165) is 59.2 Å². The van der Waals surface area contributed by atoms with Crippen molar-refractivity contribution in [3.8, 4) is 0 Å². The highest BCUT2D eigenvalue weighted by Gasteiger charge is 2.35. The third-order valence-corrected chi connectivity index (χ3v) is 9.74. The van der Waals surface area contributed by atoms with Crippen LogP contribution in [0.15, 0.2) is 41.3 Å². The van der Waals surface area contributed by atoms with Gasteiger partial charge in [0.25, 0.3) is 5.91 Å². The number of hydrogen-bond acceptors (Lipinski definition) is 9. The Morgan fingerprint density at radius 1 is 1.07 bits per heavy atom. The highest BCUT2D eigenvalue weighted by molar-refractivity contribution is 7.89. The average molecular weight is 661 g/mol. The van der Waals surface area contributed by atoms with Gasteiger partial charge in [0.2, 0.25) is 10.0 Å². The van der Waals surface area contributed by atoms with Gasteiger partial charge in [-0.05, 0) is 69.6 Å². The minimum absolute atomic E-state index is 0.0284. The SMILES string of the molecule is CCOC(=O)n1nc(NC(=O)c2ccc(CN3CCCC3)cc2N[C@H](C)COC)c2c1CCN(S(=O)(=O)c1cc(F)cc(F)c1)C2. The van der Waals surface area contributed by atoms with Crippen molar-refractivity contribution in [2.24, 2.45) is 0 Å². The van der Waals surface area contributed by atoms with E-state index in [1.807, 2.05) is 19.1 Å². The van der Waals surface area contributed by atoms with Crippen molar-refractivity contribution in [3.05, 3.63) is 70.4 Å². The summed E-state index contributed by atoms with van der Waals surface area (Å²) in [6, 6.07) is 7.48. The summed E-state index contributed by atoms with van der Waals surface area (Å²) < 4.78 is 67.2. The molecule has 1 fully saturated rings. The molecule has 2 aliphatic heterocycles. The molecule has 0 saturated carbocycles. The molecule has 3 aromatic rings. The van der Waals surface area contributed by atoms with Crippen molar-refractivity contribution >= 4 is 33.5 Å². The maximum absolute atomic E-state index is 13.9. The predicted octanol–water partition coefficient (Wildman–Crippen LogP) is 4.21. The molecule has 0 spiro atoms. The largest absolute Gasteiger partial charge is 0.448 e. The molecule has 2 aromatic carbocycles. The maximum atomic E-state index is 13.9. The molecule has 0 aliphatic carbocycles. The summed E-state index contributed by atoms with van der Waals surface area (Å²) in [6.45, 7) is 6.39. The standard InChI is InChI=1S/C31H38F2N6O6S/c1-4-45-31(41)39-28-9-12-38(46(42,43)24-15-22(32)14-23(33)16-24)18-26(28)29(36-39)35-30(40)25-8-7-21(17-37-10-5-6-11-37)13-27(25)34-20(2)19-44-3/h7-8,13-16,20,34H,4-6,9-12,17-19H2,1-3H3,(H,35,36,40)/t20-/m1/s1. The summed E-state index contributed by atoms with van der Waals surface area (Å²) in [5.74, 6) is -2.64. The van der Waals surface area contributed by atoms with E-state index in [-0.39, 0.29) is 43.5 Å². The maximum Gasteiger partial charge on any atom is 0.434 e. The van der Waals surface area contributed by atoms with Gasteiger partial charge in [-0.1, -0.05) is 6.07 Å². The Balaban J connectivity index is 1.47. The van der Waals surface area contributed by atoms with Crippen molar-refractivity contribution in [3.63, 3.8) is 0 Å². The van der Waals surface area contributed by atoms with E-state index in [1.165, 1.54) is 0 Å². The fourth-order valence-electron chi connectivity index (χ4n) is 5.80. The fourth-order valence-corrected chi connectivity index (χ4v) is 7.25. The lowest BCUT2D eigenvalue weighted by atomic mass is 10.1. The smallest absolute Gasteiger partial charge is 0.434 e. The first-order valence-electron chi connectivity index (χ1n) is 15.2. The van der Waals surface area contributed by atoms with Crippen LogP contribution in [0.25, 0.3) is 0 Å². The number of carbonyl (C=O) groups excluding carboxylic acids is 2. The lowest BCUT2D eigenvalue weighted by Gasteiger charge is -2.27. The van der Waals surface area contributed by atoms with Crippen LogP contribution >= 0.6 is 0 Å². The van der Waals surface area contributed by atoms with Gasteiger partial charge in [-0.3, -0.25) is 9.69 Å². The second-order valence-electron chi connectivity index (χ2n) is 11.4. The van der Waals surface area contributed by atoms with Gasteiger partial charge in [-0.15, -0.1) is 5.10 Å². The van der Waals surface area contributed by atoms with E-state index in [2.05, 4.69) is 20.6 Å². The zero-order chi connectivity index (χ0) is 33.0. The molecule has 0 bridgehead atoms. The van der Waals surface area contributed by atoms with Crippen LogP contribution in [-0.4, -0.2) is 85.4 Å². The molecule has 1 saturated heterocycles. The van der Waals surface area contributed by atoms with Crippen molar-refractivity contribution < 1.29 is 36.3 Å². The number of amides is 1. The minimum Gasteiger partial charge on any atom is -0.448 e. The van der Waals surface area contributed by atoms with Crippen molar-refractivity contribution in [1.29, 1.82) is 0 Å². The monoisotopic (exact) mass is 660 g/mol. The van der Waals surface area contributed by atoms with Gasteiger partial charge in [0.15, 0.2) is 5.82 Å². The molecule has 3 heterocycles. The molecule has 12 nitrogen and oxygen atoms in total. The van der Waals surface area contributed by atoms with Gasteiger partial charge in [0.1, 0.15) is 11.6 Å². The van der Waals surface area contributed by atoms with E-state index in [1.54, 1.807) is 20.1 Å². The third kappa shape index (κ3) is 7.38. The molecule has 46 heavy (non-hydrogen) atoms. The highest BCUT2D eigenvalue weighted by Crippen LogP contribution is 2.31. The number of halogens is 2. The molecule has 2 N–H and O–H groups in total. The van der Waals surface area contributed by atoms with Crippen LogP contribution in [-0.2, 0) is 39.0 Å². The van der Waals surface area contributed by atoms with Crippen LogP contribution in [0.5, 0.6) is 0 Å². The number of likely N-dealkylation sites (tertiary alicyclic amines) is 1. The first kappa shape index (κ1) is 33.4. The lowest BCUT2D eigenvalue weighted by molar-refractivity contribution is 0.102. The van der Waals surface area contributed by atoms with Crippen molar-refractivity contribution in [2.75, 3.05) is 50.6 Å². The molecule has 5 rings (SSSR count). The third-order valence-electron chi connectivity index (χ3n) is 7.92. The quantitative estimate of drug-likeness (QED) is 0.310. The first-order valence-corrected chi connectivity index (χ1v) is 16.6. The summed E-state index contributed by atoms with van der Waals surface area (Å²) in [6.07, 6.45) is 1.54. The van der Waals surface area contributed by atoms with Crippen LogP contribution in [0.4, 0.5) is 25.1 Å². The van der Waals surface area contributed by atoms with E-state index < -0.39 is 38.6 Å². The zero-order valence-corrected chi connectivity index (χ0v) is 26.8. The second kappa shape index (κ2) is 14.2. The van der Waals surface area contributed by atoms with Gasteiger partial charge in [0.05, 0.1) is 29.4 Å².